The molecular weight excluding hydrogens is 244 g/mol. The fourth-order valence-corrected chi connectivity index (χ4v) is 1.61. The van der Waals surface area contributed by atoms with Crippen molar-refractivity contribution in [2.75, 3.05) is 5.32 Å². The summed E-state index contributed by atoms with van der Waals surface area (Å²) in [5, 5.41) is 14.9. The molecule has 1 unspecified atom stereocenters. The zero-order valence-electron chi connectivity index (χ0n) is 10.6. The van der Waals surface area contributed by atoms with Crippen molar-refractivity contribution in [3.05, 3.63) is 48.0 Å². The molecule has 2 amide bonds. The van der Waals surface area contributed by atoms with Gasteiger partial charge in [0.05, 0.1) is 24.7 Å². The number of urea groups is 1. The van der Waals surface area contributed by atoms with Crippen LogP contribution in [0.4, 0.5) is 10.5 Å². The van der Waals surface area contributed by atoms with Crippen molar-refractivity contribution in [2.45, 2.75) is 19.6 Å². The van der Waals surface area contributed by atoms with E-state index in [9.17, 15) is 9.90 Å². The molecule has 4 N–H and O–H groups in total. The Morgan fingerprint density at radius 1 is 1.53 bits per heavy atom. The fourth-order valence-electron chi connectivity index (χ4n) is 1.61. The number of nitrogens with zero attached hydrogens (tertiary/aromatic N) is 1. The highest BCUT2D eigenvalue weighted by atomic mass is 16.3. The highest BCUT2D eigenvalue weighted by molar-refractivity contribution is 5.89. The van der Waals surface area contributed by atoms with E-state index >= 15 is 0 Å². The molecule has 6 nitrogen and oxygen atoms in total. The number of imidazole rings is 1. The van der Waals surface area contributed by atoms with Crippen LogP contribution in [-0.4, -0.2) is 21.1 Å². The Morgan fingerprint density at radius 3 is 3.05 bits per heavy atom. The van der Waals surface area contributed by atoms with Crippen LogP contribution in [0.25, 0.3) is 0 Å². The van der Waals surface area contributed by atoms with E-state index in [4.69, 9.17) is 0 Å². The summed E-state index contributed by atoms with van der Waals surface area (Å²) in [4.78, 5) is 18.4. The number of hydrogen-bond acceptors (Lipinski definition) is 3. The first-order valence-electron chi connectivity index (χ1n) is 5.95. The van der Waals surface area contributed by atoms with Crippen LogP contribution in [-0.2, 0) is 6.54 Å². The highest BCUT2D eigenvalue weighted by Gasteiger charge is 2.05. The number of aromatic nitrogens is 2. The van der Waals surface area contributed by atoms with E-state index in [1.54, 1.807) is 43.7 Å². The van der Waals surface area contributed by atoms with E-state index in [1.807, 2.05) is 0 Å². The van der Waals surface area contributed by atoms with Gasteiger partial charge in [0.2, 0.25) is 0 Å². The number of amides is 2. The van der Waals surface area contributed by atoms with Gasteiger partial charge in [0, 0.05) is 11.9 Å². The van der Waals surface area contributed by atoms with Crippen molar-refractivity contribution >= 4 is 11.7 Å². The van der Waals surface area contributed by atoms with Gasteiger partial charge in [0.15, 0.2) is 0 Å². The van der Waals surface area contributed by atoms with E-state index in [0.29, 0.717) is 12.2 Å². The largest absolute Gasteiger partial charge is 0.389 e. The third-order valence-electron chi connectivity index (χ3n) is 2.62. The van der Waals surface area contributed by atoms with Crippen LogP contribution in [0.1, 0.15) is 24.3 Å². The van der Waals surface area contributed by atoms with Crippen LogP contribution >= 0.6 is 0 Å². The van der Waals surface area contributed by atoms with Crippen molar-refractivity contribution < 1.29 is 9.90 Å². The van der Waals surface area contributed by atoms with E-state index in [2.05, 4.69) is 20.6 Å². The minimum Gasteiger partial charge on any atom is -0.389 e. The number of anilines is 1. The first-order valence-corrected chi connectivity index (χ1v) is 5.95. The summed E-state index contributed by atoms with van der Waals surface area (Å²) in [5.41, 5.74) is 2.22. The standard InChI is InChI=1S/C13H16N4O2/c1-9(18)10-3-2-4-11(5-10)17-13(19)15-7-12-6-14-8-16-12/h2-6,8-9,18H,7H2,1H3,(H,14,16)(H2,15,17,19). The second-order valence-electron chi connectivity index (χ2n) is 4.19. The number of hydrogen-bond donors (Lipinski definition) is 4. The maximum Gasteiger partial charge on any atom is 0.319 e. The van der Waals surface area contributed by atoms with Gasteiger partial charge in [0.1, 0.15) is 0 Å². The molecule has 0 saturated heterocycles. The van der Waals surface area contributed by atoms with Gasteiger partial charge in [-0.05, 0) is 24.6 Å². The summed E-state index contributed by atoms with van der Waals surface area (Å²) < 4.78 is 0. The number of aromatic amines is 1. The van der Waals surface area contributed by atoms with Crippen molar-refractivity contribution in [1.29, 1.82) is 0 Å². The number of carbonyl (C=O) groups is 1. The maximum atomic E-state index is 11.7. The highest BCUT2D eigenvalue weighted by Crippen LogP contribution is 2.16. The minimum absolute atomic E-state index is 0.308. The molecule has 19 heavy (non-hydrogen) atoms. The van der Waals surface area contributed by atoms with Crippen LogP contribution in [0.2, 0.25) is 0 Å². The summed E-state index contributed by atoms with van der Waals surface area (Å²) in [5.74, 6) is 0. The summed E-state index contributed by atoms with van der Waals surface area (Å²) in [7, 11) is 0. The minimum atomic E-state index is -0.560. The molecule has 0 aliphatic heterocycles. The number of nitrogens with one attached hydrogen (secondary N) is 3. The lowest BCUT2D eigenvalue weighted by Crippen LogP contribution is -2.28. The first-order chi connectivity index (χ1) is 9.15. The Morgan fingerprint density at radius 2 is 2.37 bits per heavy atom. The lowest BCUT2D eigenvalue weighted by atomic mass is 10.1. The number of H-pyrrole nitrogens is 1. The second-order valence-corrected chi connectivity index (χ2v) is 4.19. The molecule has 1 aromatic carbocycles. The second kappa shape index (κ2) is 6.01. The Bertz CT molecular complexity index is 537. The molecule has 1 atom stereocenters. The van der Waals surface area contributed by atoms with Crippen LogP contribution in [0.15, 0.2) is 36.8 Å². The van der Waals surface area contributed by atoms with Gasteiger partial charge in [0.25, 0.3) is 0 Å². The summed E-state index contributed by atoms with van der Waals surface area (Å²) in [6.07, 6.45) is 2.64. The van der Waals surface area contributed by atoms with E-state index in [0.717, 1.165) is 11.3 Å². The zero-order chi connectivity index (χ0) is 13.7. The maximum absolute atomic E-state index is 11.7. The number of aliphatic hydroxyl groups is 1. The average molecular weight is 260 g/mol. The Kier molecular flexibility index (Phi) is 4.15. The summed E-state index contributed by atoms with van der Waals surface area (Å²) in [6.45, 7) is 2.05. The van der Waals surface area contributed by atoms with E-state index < -0.39 is 6.10 Å². The van der Waals surface area contributed by atoms with Crippen LogP contribution in [0.3, 0.4) is 0 Å². The molecule has 0 bridgehead atoms. The molecule has 0 saturated carbocycles. The van der Waals surface area contributed by atoms with Gasteiger partial charge in [-0.2, -0.15) is 0 Å². The molecule has 0 spiro atoms. The van der Waals surface area contributed by atoms with Gasteiger partial charge in [-0.15, -0.1) is 0 Å². The van der Waals surface area contributed by atoms with Crippen LogP contribution < -0.4 is 10.6 Å². The molecule has 0 aliphatic rings. The van der Waals surface area contributed by atoms with Crippen molar-refractivity contribution in [3.63, 3.8) is 0 Å². The van der Waals surface area contributed by atoms with Gasteiger partial charge in [-0.25, -0.2) is 9.78 Å². The number of carbonyl (C=O) groups excluding carboxylic acids is 1. The first kappa shape index (κ1) is 13.1. The molecule has 0 fully saturated rings. The smallest absolute Gasteiger partial charge is 0.319 e. The number of rotatable bonds is 4. The molecule has 100 valence electrons. The van der Waals surface area contributed by atoms with Crippen LogP contribution in [0, 0.1) is 0 Å². The molecule has 0 radical (unpaired) electrons. The molecule has 2 rings (SSSR count). The Balaban J connectivity index is 1.89. The van der Waals surface area contributed by atoms with E-state index in [1.165, 1.54) is 0 Å². The van der Waals surface area contributed by atoms with E-state index in [-0.39, 0.29) is 6.03 Å². The molecule has 1 aromatic heterocycles. The quantitative estimate of drug-likeness (QED) is 0.675. The summed E-state index contributed by atoms with van der Waals surface area (Å²) in [6, 6.07) is 6.78. The molecule has 6 heteroatoms. The monoisotopic (exact) mass is 260 g/mol. The van der Waals surface area contributed by atoms with Crippen molar-refractivity contribution in [3.8, 4) is 0 Å². The molecule has 2 aromatic rings. The van der Waals surface area contributed by atoms with Gasteiger partial charge in [-0.1, -0.05) is 12.1 Å². The SMILES string of the molecule is CC(O)c1cccc(NC(=O)NCc2cnc[nH]2)c1. The molecule has 1 heterocycles. The number of aliphatic hydroxyl groups excluding tert-OH is 1. The average Bonchev–Trinajstić information content (AvgIpc) is 2.90. The Labute approximate surface area is 110 Å². The fraction of sp³-hybridized carbons (Fsp3) is 0.231. The third kappa shape index (κ3) is 3.82. The van der Waals surface area contributed by atoms with Crippen LogP contribution in [0.5, 0.6) is 0 Å². The van der Waals surface area contributed by atoms with Gasteiger partial charge < -0.3 is 20.7 Å². The molecule has 0 aliphatic carbocycles. The zero-order valence-corrected chi connectivity index (χ0v) is 10.6. The predicted octanol–water partition coefficient (Wildman–Crippen LogP) is 1.78. The third-order valence-corrected chi connectivity index (χ3v) is 2.62. The van der Waals surface area contributed by atoms with Gasteiger partial charge in [-0.3, -0.25) is 0 Å². The lowest BCUT2D eigenvalue weighted by Gasteiger charge is -2.09. The predicted molar refractivity (Wildman–Crippen MR) is 71.5 cm³/mol. The molecular formula is C13H16N4O2. The normalized spacial score (nSPS) is 11.9. The summed E-state index contributed by atoms with van der Waals surface area (Å²) >= 11 is 0. The van der Waals surface area contributed by atoms with Crippen molar-refractivity contribution in [1.82, 2.24) is 15.3 Å². The lowest BCUT2D eigenvalue weighted by molar-refractivity contribution is 0.199. The van der Waals surface area contributed by atoms with Crippen molar-refractivity contribution in [2.24, 2.45) is 0 Å². The van der Waals surface area contributed by atoms with Gasteiger partial charge >= 0.3 is 6.03 Å². The Hall–Kier alpha value is -2.34. The number of benzene rings is 1. The topological polar surface area (TPSA) is 90.0 Å².